The molecule has 0 spiro atoms. The van der Waals surface area contributed by atoms with Crippen molar-refractivity contribution in [1.29, 1.82) is 0 Å². The zero-order valence-corrected chi connectivity index (χ0v) is 11.6. The Kier molecular flexibility index (Phi) is 3.64. The second-order valence-electron chi connectivity index (χ2n) is 6.02. The SMILES string of the molecule is CC(C)(C)c1nc2c(n1CCC(F)(F)F)CCNC2. The second kappa shape index (κ2) is 4.81. The number of aromatic nitrogens is 2. The van der Waals surface area contributed by atoms with Crippen molar-refractivity contribution in [2.24, 2.45) is 0 Å². The molecular formula is C13H20F3N3. The van der Waals surface area contributed by atoms with E-state index in [0.717, 1.165) is 30.2 Å². The predicted molar refractivity (Wildman–Crippen MR) is 67.0 cm³/mol. The van der Waals surface area contributed by atoms with E-state index in [9.17, 15) is 13.2 Å². The van der Waals surface area contributed by atoms with Crippen LogP contribution in [0.15, 0.2) is 0 Å². The summed E-state index contributed by atoms with van der Waals surface area (Å²) >= 11 is 0. The molecule has 0 fully saturated rings. The molecule has 1 aliphatic rings. The summed E-state index contributed by atoms with van der Waals surface area (Å²) in [5, 5.41) is 3.21. The van der Waals surface area contributed by atoms with Gasteiger partial charge in [-0.1, -0.05) is 20.8 Å². The van der Waals surface area contributed by atoms with E-state index in [1.807, 2.05) is 20.8 Å². The topological polar surface area (TPSA) is 29.9 Å². The van der Waals surface area contributed by atoms with Gasteiger partial charge in [0.25, 0.3) is 0 Å². The van der Waals surface area contributed by atoms with Crippen molar-refractivity contribution in [3.63, 3.8) is 0 Å². The van der Waals surface area contributed by atoms with E-state index in [0.29, 0.717) is 6.54 Å². The van der Waals surface area contributed by atoms with E-state index in [-0.39, 0.29) is 12.0 Å². The van der Waals surface area contributed by atoms with Crippen molar-refractivity contribution in [2.75, 3.05) is 6.54 Å². The molecule has 2 heterocycles. The van der Waals surface area contributed by atoms with Crippen LogP contribution in [0.5, 0.6) is 0 Å². The summed E-state index contributed by atoms with van der Waals surface area (Å²) in [7, 11) is 0. The molecule has 0 saturated heterocycles. The highest BCUT2D eigenvalue weighted by atomic mass is 19.4. The highest BCUT2D eigenvalue weighted by molar-refractivity contribution is 5.23. The summed E-state index contributed by atoms with van der Waals surface area (Å²) < 4.78 is 39.2. The normalized spacial score (nSPS) is 16.5. The van der Waals surface area contributed by atoms with Crippen LogP contribution >= 0.6 is 0 Å². The Labute approximate surface area is 111 Å². The molecule has 19 heavy (non-hydrogen) atoms. The maximum atomic E-state index is 12.5. The smallest absolute Gasteiger partial charge is 0.331 e. The number of hydrogen-bond acceptors (Lipinski definition) is 2. The molecule has 0 unspecified atom stereocenters. The Hall–Kier alpha value is -1.04. The fourth-order valence-electron chi connectivity index (χ4n) is 2.42. The van der Waals surface area contributed by atoms with Crippen LogP contribution in [0.1, 0.15) is 44.4 Å². The van der Waals surface area contributed by atoms with Crippen LogP contribution in [-0.4, -0.2) is 22.3 Å². The Morgan fingerprint density at radius 3 is 2.53 bits per heavy atom. The molecule has 0 aliphatic carbocycles. The average Bonchev–Trinajstić information content (AvgIpc) is 2.63. The molecule has 3 nitrogen and oxygen atoms in total. The largest absolute Gasteiger partial charge is 0.390 e. The Bertz CT molecular complexity index is 455. The molecule has 0 atom stereocenters. The van der Waals surface area contributed by atoms with Crippen LogP contribution in [0.4, 0.5) is 13.2 Å². The van der Waals surface area contributed by atoms with Crippen molar-refractivity contribution in [1.82, 2.24) is 14.9 Å². The van der Waals surface area contributed by atoms with Crippen LogP contribution in [0, 0.1) is 0 Å². The fraction of sp³-hybridized carbons (Fsp3) is 0.769. The maximum Gasteiger partial charge on any atom is 0.390 e. The Morgan fingerprint density at radius 1 is 1.26 bits per heavy atom. The third-order valence-corrected chi connectivity index (χ3v) is 3.28. The fourth-order valence-corrected chi connectivity index (χ4v) is 2.42. The van der Waals surface area contributed by atoms with Crippen LogP contribution in [0.2, 0.25) is 0 Å². The van der Waals surface area contributed by atoms with Gasteiger partial charge in [0.15, 0.2) is 0 Å². The molecule has 0 amide bonds. The van der Waals surface area contributed by atoms with Crippen molar-refractivity contribution in [2.45, 2.75) is 58.3 Å². The highest BCUT2D eigenvalue weighted by Crippen LogP contribution is 2.28. The van der Waals surface area contributed by atoms with E-state index in [1.54, 1.807) is 4.57 Å². The van der Waals surface area contributed by atoms with E-state index >= 15 is 0 Å². The molecule has 0 bridgehead atoms. The molecule has 0 aromatic carbocycles. The third kappa shape index (κ3) is 3.29. The van der Waals surface area contributed by atoms with E-state index in [4.69, 9.17) is 0 Å². The minimum atomic E-state index is -4.13. The van der Waals surface area contributed by atoms with Gasteiger partial charge in [0.1, 0.15) is 5.82 Å². The summed E-state index contributed by atoms with van der Waals surface area (Å²) in [5.41, 5.74) is 1.62. The lowest BCUT2D eigenvalue weighted by atomic mass is 9.95. The van der Waals surface area contributed by atoms with Crippen molar-refractivity contribution in [3.8, 4) is 0 Å². The summed E-state index contributed by atoms with van der Waals surface area (Å²) in [5.74, 6) is 0.755. The maximum absolute atomic E-state index is 12.5. The molecule has 0 radical (unpaired) electrons. The van der Waals surface area contributed by atoms with Gasteiger partial charge in [-0.2, -0.15) is 13.2 Å². The average molecular weight is 275 g/mol. The number of imidazole rings is 1. The standard InChI is InChI=1S/C13H20F3N3/c1-12(2,3)11-18-9-8-17-6-4-10(9)19(11)7-5-13(14,15)16/h17H,4-8H2,1-3H3. The quantitative estimate of drug-likeness (QED) is 0.899. The molecular weight excluding hydrogens is 255 g/mol. The molecule has 2 rings (SSSR count). The summed E-state index contributed by atoms with van der Waals surface area (Å²) in [6.07, 6.45) is -4.18. The number of alkyl halides is 3. The van der Waals surface area contributed by atoms with Gasteiger partial charge in [-0.15, -0.1) is 0 Å². The number of halogens is 3. The lowest BCUT2D eigenvalue weighted by molar-refractivity contribution is -0.136. The number of nitrogens with one attached hydrogen (secondary N) is 1. The van der Waals surface area contributed by atoms with Crippen LogP contribution < -0.4 is 5.32 Å². The first-order chi connectivity index (χ1) is 8.68. The van der Waals surface area contributed by atoms with Gasteiger partial charge in [-0.25, -0.2) is 4.98 Å². The van der Waals surface area contributed by atoms with Gasteiger partial charge in [0, 0.05) is 37.2 Å². The number of nitrogens with zero attached hydrogens (tertiary/aromatic N) is 2. The lowest BCUT2D eigenvalue weighted by Gasteiger charge is -2.22. The van der Waals surface area contributed by atoms with Gasteiger partial charge in [0.05, 0.1) is 12.1 Å². The lowest BCUT2D eigenvalue weighted by Crippen LogP contribution is -2.26. The highest BCUT2D eigenvalue weighted by Gasteiger charge is 2.31. The Morgan fingerprint density at radius 2 is 1.95 bits per heavy atom. The summed E-state index contributed by atoms with van der Waals surface area (Å²) in [6.45, 7) is 7.37. The molecule has 1 N–H and O–H groups in total. The van der Waals surface area contributed by atoms with Crippen molar-refractivity contribution in [3.05, 3.63) is 17.2 Å². The van der Waals surface area contributed by atoms with Gasteiger partial charge in [-0.05, 0) is 0 Å². The van der Waals surface area contributed by atoms with Gasteiger partial charge in [-0.3, -0.25) is 0 Å². The third-order valence-electron chi connectivity index (χ3n) is 3.28. The summed E-state index contributed by atoms with van der Waals surface area (Å²) in [4.78, 5) is 4.56. The Balaban J connectivity index is 2.35. The van der Waals surface area contributed by atoms with Crippen LogP contribution in [0.25, 0.3) is 0 Å². The van der Waals surface area contributed by atoms with Crippen molar-refractivity contribution >= 4 is 0 Å². The molecule has 1 aliphatic heterocycles. The zero-order valence-electron chi connectivity index (χ0n) is 11.6. The molecule has 108 valence electrons. The predicted octanol–water partition coefficient (Wildman–Crippen LogP) is 2.78. The van der Waals surface area contributed by atoms with E-state index < -0.39 is 12.6 Å². The van der Waals surface area contributed by atoms with Crippen molar-refractivity contribution < 1.29 is 13.2 Å². The number of hydrogen-bond donors (Lipinski definition) is 1. The molecule has 0 saturated carbocycles. The molecule has 1 aromatic heterocycles. The van der Waals surface area contributed by atoms with Gasteiger partial charge >= 0.3 is 6.18 Å². The minimum absolute atomic E-state index is 0.0293. The van der Waals surface area contributed by atoms with Gasteiger partial charge < -0.3 is 9.88 Å². The second-order valence-corrected chi connectivity index (χ2v) is 6.02. The first kappa shape index (κ1) is 14.4. The van der Waals surface area contributed by atoms with E-state index in [1.165, 1.54) is 0 Å². The first-order valence-corrected chi connectivity index (χ1v) is 6.55. The monoisotopic (exact) mass is 275 g/mol. The molecule has 1 aromatic rings. The van der Waals surface area contributed by atoms with E-state index in [2.05, 4.69) is 10.3 Å². The van der Waals surface area contributed by atoms with Crippen LogP contribution in [-0.2, 0) is 24.9 Å². The number of fused-ring (bicyclic) bond motifs is 1. The van der Waals surface area contributed by atoms with Gasteiger partial charge in [0.2, 0.25) is 0 Å². The minimum Gasteiger partial charge on any atom is -0.331 e. The molecule has 6 heteroatoms. The van der Waals surface area contributed by atoms with Crippen LogP contribution in [0.3, 0.4) is 0 Å². The zero-order chi connectivity index (χ0) is 14.3. The first-order valence-electron chi connectivity index (χ1n) is 6.55. The number of rotatable bonds is 2. The summed E-state index contributed by atoms with van der Waals surface area (Å²) in [6, 6.07) is 0.